The molecule has 0 aromatic heterocycles. The molecule has 0 aliphatic carbocycles. The molecule has 35 heavy (non-hydrogen) atoms. The van der Waals surface area contributed by atoms with Crippen LogP contribution in [-0.4, -0.2) is 49.4 Å². The van der Waals surface area contributed by atoms with Crippen molar-refractivity contribution in [3.05, 3.63) is 87.5 Å². The molecule has 180 valence electrons. The Bertz CT molecular complexity index is 1230. The molecule has 1 aliphatic heterocycles. The molecule has 1 atom stereocenters. The summed E-state index contributed by atoms with van der Waals surface area (Å²) in [5, 5.41) is 0. The number of carbonyl (C=O) groups excluding carboxylic acids is 3. The molecule has 3 amide bonds. The van der Waals surface area contributed by atoms with Crippen LogP contribution in [0.5, 0.6) is 11.5 Å². The summed E-state index contributed by atoms with van der Waals surface area (Å²) in [7, 11) is 3.02. The molecular weight excluding hydrogens is 559 g/mol. The molecule has 7 nitrogen and oxygen atoms in total. The van der Waals surface area contributed by atoms with E-state index in [1.807, 2.05) is 42.5 Å². The highest BCUT2D eigenvalue weighted by Crippen LogP contribution is 2.31. The first-order chi connectivity index (χ1) is 16.9. The Morgan fingerprint density at radius 3 is 2.31 bits per heavy atom. The zero-order valence-electron chi connectivity index (χ0n) is 19.4. The Labute approximate surface area is 217 Å². The van der Waals surface area contributed by atoms with E-state index in [0.29, 0.717) is 29.2 Å². The summed E-state index contributed by atoms with van der Waals surface area (Å²) >= 11 is 2.17. The van der Waals surface area contributed by atoms with Gasteiger partial charge in [0.1, 0.15) is 6.04 Å². The van der Waals surface area contributed by atoms with Crippen LogP contribution in [0.25, 0.3) is 0 Å². The smallest absolute Gasteiger partial charge is 0.257 e. The number of methoxy groups -OCH3 is 2. The Kier molecular flexibility index (Phi) is 7.70. The molecule has 0 radical (unpaired) electrons. The molecule has 1 fully saturated rings. The normalized spacial score (nSPS) is 15.3. The van der Waals surface area contributed by atoms with E-state index < -0.39 is 11.9 Å². The van der Waals surface area contributed by atoms with Gasteiger partial charge in [-0.3, -0.25) is 14.4 Å². The monoisotopic (exact) mass is 584 g/mol. The van der Waals surface area contributed by atoms with E-state index in [-0.39, 0.29) is 24.8 Å². The van der Waals surface area contributed by atoms with E-state index in [9.17, 15) is 14.4 Å². The maximum atomic E-state index is 13.7. The molecule has 0 saturated carbocycles. The SMILES string of the molecule is COc1ccc(C(=O)N(CCc2ccccc2)C2CC(=O)N(c3ccc(I)cc3)C2=O)cc1OC. The highest BCUT2D eigenvalue weighted by Gasteiger charge is 2.44. The zero-order chi connectivity index (χ0) is 24.9. The van der Waals surface area contributed by atoms with Crippen LogP contribution in [0.1, 0.15) is 22.3 Å². The minimum Gasteiger partial charge on any atom is -0.493 e. The molecule has 4 rings (SSSR count). The highest BCUT2D eigenvalue weighted by molar-refractivity contribution is 14.1. The first-order valence-corrected chi connectivity index (χ1v) is 12.2. The van der Waals surface area contributed by atoms with Crippen LogP contribution in [-0.2, 0) is 16.0 Å². The number of halogens is 1. The summed E-state index contributed by atoms with van der Waals surface area (Å²) in [5.74, 6) is -0.172. The zero-order valence-corrected chi connectivity index (χ0v) is 21.6. The molecule has 0 bridgehead atoms. The van der Waals surface area contributed by atoms with Crippen LogP contribution in [0.2, 0.25) is 0 Å². The van der Waals surface area contributed by atoms with Gasteiger partial charge in [0.25, 0.3) is 11.8 Å². The van der Waals surface area contributed by atoms with Crippen molar-refractivity contribution < 1.29 is 23.9 Å². The number of carbonyl (C=O) groups is 3. The average molecular weight is 584 g/mol. The number of hydrogen-bond donors (Lipinski definition) is 0. The molecule has 3 aromatic rings. The first-order valence-electron chi connectivity index (χ1n) is 11.1. The number of ether oxygens (including phenoxy) is 2. The number of anilines is 1. The molecule has 8 heteroatoms. The van der Waals surface area contributed by atoms with Gasteiger partial charge in [-0.05, 0) is 77.0 Å². The van der Waals surface area contributed by atoms with Crippen molar-refractivity contribution in [3.8, 4) is 11.5 Å². The molecule has 0 N–H and O–H groups in total. The maximum Gasteiger partial charge on any atom is 0.257 e. The van der Waals surface area contributed by atoms with E-state index in [2.05, 4.69) is 22.6 Å². The predicted molar refractivity (Wildman–Crippen MR) is 141 cm³/mol. The largest absolute Gasteiger partial charge is 0.493 e. The number of imide groups is 1. The van der Waals surface area contributed by atoms with Gasteiger partial charge in [-0.25, -0.2) is 4.90 Å². The minimum absolute atomic E-state index is 0.0708. The van der Waals surface area contributed by atoms with Crippen LogP contribution in [0.3, 0.4) is 0 Å². The lowest BCUT2D eigenvalue weighted by Crippen LogP contribution is -2.46. The Morgan fingerprint density at radius 1 is 0.971 bits per heavy atom. The molecule has 1 saturated heterocycles. The third kappa shape index (κ3) is 5.32. The average Bonchev–Trinajstić information content (AvgIpc) is 3.18. The summed E-state index contributed by atoms with van der Waals surface area (Å²) in [6.45, 7) is 0.279. The first kappa shape index (κ1) is 24.7. The van der Waals surface area contributed by atoms with Crippen LogP contribution in [0, 0.1) is 3.57 Å². The van der Waals surface area contributed by atoms with E-state index in [1.54, 1.807) is 30.3 Å². The van der Waals surface area contributed by atoms with Crippen molar-refractivity contribution >= 4 is 46.0 Å². The molecule has 1 heterocycles. The maximum absolute atomic E-state index is 13.7. The molecule has 0 spiro atoms. The number of amides is 3. The van der Waals surface area contributed by atoms with Gasteiger partial charge < -0.3 is 14.4 Å². The second-order valence-electron chi connectivity index (χ2n) is 8.07. The molecule has 3 aromatic carbocycles. The number of rotatable bonds is 8. The van der Waals surface area contributed by atoms with Gasteiger partial charge in [0.15, 0.2) is 11.5 Å². The van der Waals surface area contributed by atoms with Crippen molar-refractivity contribution in [1.82, 2.24) is 4.90 Å². The van der Waals surface area contributed by atoms with Crippen molar-refractivity contribution in [2.24, 2.45) is 0 Å². The fraction of sp³-hybridized carbons (Fsp3) is 0.222. The minimum atomic E-state index is -0.897. The van der Waals surface area contributed by atoms with Gasteiger partial charge in [-0.15, -0.1) is 0 Å². The van der Waals surface area contributed by atoms with Crippen LogP contribution >= 0.6 is 22.6 Å². The van der Waals surface area contributed by atoms with Crippen molar-refractivity contribution in [2.45, 2.75) is 18.9 Å². The summed E-state index contributed by atoms with van der Waals surface area (Å²) in [4.78, 5) is 42.8. The fourth-order valence-electron chi connectivity index (χ4n) is 4.15. The Hall–Kier alpha value is -3.40. The molecule has 1 unspecified atom stereocenters. The quantitative estimate of drug-likeness (QED) is 0.291. The van der Waals surface area contributed by atoms with E-state index in [4.69, 9.17) is 9.47 Å². The standard InChI is InChI=1S/C27H25IN2O5/c1-34-23-13-8-19(16-24(23)35-2)26(32)29(15-14-18-6-4-3-5-7-18)22-17-25(31)30(27(22)33)21-11-9-20(28)10-12-21/h3-13,16,22H,14-15,17H2,1-2H3. The second kappa shape index (κ2) is 10.9. The van der Waals surface area contributed by atoms with E-state index in [0.717, 1.165) is 9.13 Å². The van der Waals surface area contributed by atoms with Crippen LogP contribution < -0.4 is 14.4 Å². The second-order valence-corrected chi connectivity index (χ2v) is 9.31. The lowest BCUT2D eigenvalue weighted by molar-refractivity contribution is -0.122. The molecular formula is C27H25IN2O5. The van der Waals surface area contributed by atoms with Crippen molar-refractivity contribution in [1.29, 1.82) is 0 Å². The summed E-state index contributed by atoms with van der Waals surface area (Å²) in [6.07, 6.45) is 0.472. The van der Waals surface area contributed by atoms with Crippen LogP contribution in [0.4, 0.5) is 5.69 Å². The van der Waals surface area contributed by atoms with Gasteiger partial charge in [-0.1, -0.05) is 30.3 Å². The third-order valence-corrected chi connectivity index (χ3v) is 6.68. The van der Waals surface area contributed by atoms with Gasteiger partial charge in [0, 0.05) is 15.7 Å². The van der Waals surface area contributed by atoms with Gasteiger partial charge >= 0.3 is 0 Å². The number of nitrogens with zero attached hydrogens (tertiary/aromatic N) is 2. The van der Waals surface area contributed by atoms with Gasteiger partial charge in [0.2, 0.25) is 5.91 Å². The third-order valence-electron chi connectivity index (χ3n) is 5.96. The number of benzene rings is 3. The topological polar surface area (TPSA) is 76.2 Å². The van der Waals surface area contributed by atoms with Crippen molar-refractivity contribution in [2.75, 3.05) is 25.7 Å². The Balaban J connectivity index is 1.66. The van der Waals surface area contributed by atoms with E-state index in [1.165, 1.54) is 24.0 Å². The lowest BCUT2D eigenvalue weighted by atomic mass is 10.1. The Morgan fingerprint density at radius 2 is 1.66 bits per heavy atom. The van der Waals surface area contributed by atoms with Gasteiger partial charge in [-0.2, -0.15) is 0 Å². The summed E-state index contributed by atoms with van der Waals surface area (Å²) in [5.41, 5.74) is 1.89. The predicted octanol–water partition coefficient (Wildman–Crippen LogP) is 4.33. The fourth-order valence-corrected chi connectivity index (χ4v) is 4.51. The highest BCUT2D eigenvalue weighted by atomic mass is 127. The summed E-state index contributed by atoms with van der Waals surface area (Å²) < 4.78 is 11.6. The lowest BCUT2D eigenvalue weighted by Gasteiger charge is -2.28. The number of hydrogen-bond acceptors (Lipinski definition) is 5. The molecule has 1 aliphatic rings. The van der Waals surface area contributed by atoms with Crippen molar-refractivity contribution in [3.63, 3.8) is 0 Å². The van der Waals surface area contributed by atoms with Gasteiger partial charge in [0.05, 0.1) is 26.3 Å². The summed E-state index contributed by atoms with van der Waals surface area (Å²) in [6, 6.07) is 20.9. The van der Waals surface area contributed by atoms with E-state index >= 15 is 0 Å². The van der Waals surface area contributed by atoms with Crippen LogP contribution in [0.15, 0.2) is 72.8 Å².